The van der Waals surface area contributed by atoms with Crippen molar-refractivity contribution in [2.45, 2.75) is 38.5 Å². The second-order valence-electron chi connectivity index (χ2n) is 5.89. The molecule has 25 heavy (non-hydrogen) atoms. The number of hydrogen-bond acceptors (Lipinski definition) is 5. The second kappa shape index (κ2) is 8.45. The van der Waals surface area contributed by atoms with E-state index in [4.69, 9.17) is 0 Å². The van der Waals surface area contributed by atoms with E-state index in [-0.39, 0.29) is 11.2 Å². The summed E-state index contributed by atoms with van der Waals surface area (Å²) in [5, 5.41) is 11.2. The maximum atomic E-state index is 12.8. The normalized spacial score (nSPS) is 19.4. The lowest BCUT2D eigenvalue weighted by molar-refractivity contribution is -0.126. The Bertz CT molecular complexity index is 784. The summed E-state index contributed by atoms with van der Waals surface area (Å²) in [7, 11) is 0. The van der Waals surface area contributed by atoms with Gasteiger partial charge in [0.1, 0.15) is 0 Å². The van der Waals surface area contributed by atoms with Crippen LogP contribution in [0.25, 0.3) is 0 Å². The zero-order valence-electron chi connectivity index (χ0n) is 14.4. The zero-order chi connectivity index (χ0) is 17.6. The van der Waals surface area contributed by atoms with E-state index in [1.807, 2.05) is 29.6 Å². The Labute approximate surface area is 156 Å². The molecule has 1 aromatic carbocycles. The van der Waals surface area contributed by atoms with Crippen LogP contribution in [0.3, 0.4) is 0 Å². The van der Waals surface area contributed by atoms with Crippen molar-refractivity contribution in [1.29, 1.82) is 0 Å². The first-order valence-electron chi connectivity index (χ1n) is 8.36. The van der Waals surface area contributed by atoms with Crippen LogP contribution in [0.15, 0.2) is 52.0 Å². The molecular formula is C19H21N3OS2. The van der Waals surface area contributed by atoms with E-state index in [2.05, 4.69) is 36.2 Å². The van der Waals surface area contributed by atoms with Crippen LogP contribution in [-0.2, 0) is 11.3 Å². The largest absolute Gasteiger partial charge is 0.284 e. The number of amides is 1. The van der Waals surface area contributed by atoms with Gasteiger partial charge in [-0.2, -0.15) is 5.10 Å². The van der Waals surface area contributed by atoms with Gasteiger partial charge in [-0.3, -0.25) is 9.69 Å². The molecule has 1 unspecified atom stereocenters. The van der Waals surface area contributed by atoms with Crippen LogP contribution in [0.5, 0.6) is 0 Å². The van der Waals surface area contributed by atoms with Crippen molar-refractivity contribution in [2.24, 2.45) is 10.2 Å². The number of thioether (sulfide) groups is 1. The van der Waals surface area contributed by atoms with Crippen molar-refractivity contribution in [3.05, 3.63) is 57.8 Å². The van der Waals surface area contributed by atoms with Crippen molar-refractivity contribution in [2.75, 3.05) is 0 Å². The smallest absolute Gasteiger partial charge is 0.242 e. The lowest BCUT2D eigenvalue weighted by atomic mass is 10.1. The Balaban J connectivity index is 1.82. The maximum Gasteiger partial charge on any atom is 0.242 e. The first-order chi connectivity index (χ1) is 12.2. The molecule has 1 fully saturated rings. The van der Waals surface area contributed by atoms with Crippen LogP contribution in [-0.4, -0.2) is 27.4 Å². The third kappa shape index (κ3) is 4.38. The third-order valence-electron chi connectivity index (χ3n) is 4.03. The monoisotopic (exact) mass is 371 g/mol. The number of thiophene rings is 1. The van der Waals surface area contributed by atoms with E-state index < -0.39 is 0 Å². The third-order valence-corrected chi connectivity index (χ3v) is 6.07. The van der Waals surface area contributed by atoms with Crippen LogP contribution >= 0.6 is 23.1 Å². The number of nitrogens with zero attached hydrogens (tertiary/aromatic N) is 3. The van der Waals surface area contributed by atoms with E-state index in [9.17, 15) is 4.79 Å². The Kier molecular flexibility index (Phi) is 6.04. The molecule has 0 radical (unpaired) electrons. The van der Waals surface area contributed by atoms with Crippen molar-refractivity contribution in [1.82, 2.24) is 4.90 Å². The summed E-state index contributed by atoms with van der Waals surface area (Å²) >= 11 is 3.14. The Morgan fingerprint density at radius 3 is 2.80 bits per heavy atom. The average molecular weight is 372 g/mol. The molecule has 2 heterocycles. The van der Waals surface area contributed by atoms with Crippen LogP contribution in [0.4, 0.5) is 0 Å². The number of hydrogen-bond donors (Lipinski definition) is 0. The molecule has 1 atom stereocenters. The molecule has 130 valence electrons. The molecule has 1 aliphatic heterocycles. The highest BCUT2D eigenvalue weighted by Gasteiger charge is 2.37. The molecule has 3 rings (SSSR count). The van der Waals surface area contributed by atoms with E-state index in [0.717, 1.165) is 23.3 Å². The maximum absolute atomic E-state index is 12.8. The fourth-order valence-corrected chi connectivity index (χ4v) is 4.43. The number of carbonyl (C=O) groups is 1. The lowest BCUT2D eigenvalue weighted by Crippen LogP contribution is -2.31. The summed E-state index contributed by atoms with van der Waals surface area (Å²) < 4.78 is 0. The number of benzene rings is 1. The van der Waals surface area contributed by atoms with Crippen molar-refractivity contribution >= 4 is 40.4 Å². The minimum Gasteiger partial charge on any atom is -0.284 e. The minimum absolute atomic E-state index is 0.0512. The van der Waals surface area contributed by atoms with Gasteiger partial charge in [0.2, 0.25) is 5.91 Å². The molecule has 2 aromatic rings. The number of rotatable bonds is 6. The molecule has 4 nitrogen and oxygen atoms in total. The number of carbonyl (C=O) groups excluding carboxylic acids is 1. The molecule has 0 bridgehead atoms. The molecule has 0 saturated carbocycles. The molecule has 6 heteroatoms. The highest BCUT2D eigenvalue weighted by molar-refractivity contribution is 8.15. The number of aryl methyl sites for hydroxylation is 1. The van der Waals surface area contributed by atoms with Crippen LogP contribution in [0.1, 0.15) is 35.8 Å². The molecule has 1 aromatic heterocycles. The summed E-state index contributed by atoms with van der Waals surface area (Å²) in [6, 6.07) is 12.1. The second-order valence-corrected chi connectivity index (χ2v) is 8.04. The van der Waals surface area contributed by atoms with Gasteiger partial charge in [0.15, 0.2) is 5.17 Å². The fourth-order valence-electron chi connectivity index (χ4n) is 2.63. The highest BCUT2D eigenvalue weighted by atomic mass is 32.2. The standard InChI is InChI=1S/C19H21N3OS2/c1-3-7-17-18(23)22(13-15-9-5-4-8-14(15)2)19(25-17)21-20-12-16-10-6-11-24-16/h4-6,8-12,17H,3,7,13H2,1-2H3/b20-12+,21-19-. The van der Waals surface area contributed by atoms with Gasteiger partial charge in [-0.1, -0.05) is 55.4 Å². The van der Waals surface area contributed by atoms with Crippen molar-refractivity contribution < 1.29 is 4.79 Å². The van der Waals surface area contributed by atoms with E-state index in [0.29, 0.717) is 11.7 Å². The van der Waals surface area contributed by atoms with Gasteiger partial charge in [0.05, 0.1) is 18.0 Å². The van der Waals surface area contributed by atoms with Gasteiger partial charge >= 0.3 is 0 Å². The van der Waals surface area contributed by atoms with Gasteiger partial charge in [-0.25, -0.2) is 0 Å². The van der Waals surface area contributed by atoms with E-state index >= 15 is 0 Å². The van der Waals surface area contributed by atoms with Crippen LogP contribution in [0.2, 0.25) is 0 Å². The predicted octanol–water partition coefficient (Wildman–Crippen LogP) is 4.69. The van der Waals surface area contributed by atoms with Gasteiger partial charge in [-0.05, 0) is 35.9 Å². The fraction of sp³-hybridized carbons (Fsp3) is 0.316. The van der Waals surface area contributed by atoms with Gasteiger partial charge < -0.3 is 0 Å². The molecule has 1 saturated heterocycles. The lowest BCUT2D eigenvalue weighted by Gasteiger charge is -2.17. The first-order valence-corrected chi connectivity index (χ1v) is 10.1. The highest BCUT2D eigenvalue weighted by Crippen LogP contribution is 2.32. The number of amidine groups is 1. The average Bonchev–Trinajstić information content (AvgIpc) is 3.21. The zero-order valence-corrected chi connectivity index (χ0v) is 16.0. The first kappa shape index (κ1) is 17.9. The van der Waals surface area contributed by atoms with Crippen LogP contribution in [0, 0.1) is 6.92 Å². The topological polar surface area (TPSA) is 45.0 Å². The van der Waals surface area contributed by atoms with E-state index in [1.54, 1.807) is 22.5 Å². The summed E-state index contributed by atoms with van der Waals surface area (Å²) in [6.07, 6.45) is 3.58. The van der Waals surface area contributed by atoms with Gasteiger partial charge in [0, 0.05) is 4.88 Å². The minimum atomic E-state index is -0.0512. The Morgan fingerprint density at radius 1 is 1.24 bits per heavy atom. The quantitative estimate of drug-likeness (QED) is 0.546. The summed E-state index contributed by atoms with van der Waals surface area (Å²) in [4.78, 5) is 15.6. The Morgan fingerprint density at radius 2 is 2.08 bits per heavy atom. The SMILES string of the molecule is CCCC1S/C(=N\N=C\c2cccs2)N(Cc2ccccc2C)C1=O. The predicted molar refractivity (Wildman–Crippen MR) is 107 cm³/mol. The Hall–Kier alpha value is -1.92. The molecule has 1 aliphatic rings. The molecular weight excluding hydrogens is 350 g/mol. The van der Waals surface area contributed by atoms with Crippen molar-refractivity contribution in [3.63, 3.8) is 0 Å². The van der Waals surface area contributed by atoms with Gasteiger partial charge in [-0.15, -0.1) is 16.4 Å². The molecule has 1 amide bonds. The molecule has 0 spiro atoms. The summed E-state index contributed by atoms with van der Waals surface area (Å²) in [5.41, 5.74) is 2.32. The van der Waals surface area contributed by atoms with E-state index in [1.165, 1.54) is 17.3 Å². The van der Waals surface area contributed by atoms with Gasteiger partial charge in [0.25, 0.3) is 0 Å². The summed E-state index contributed by atoms with van der Waals surface area (Å²) in [5.74, 6) is 0.139. The van der Waals surface area contributed by atoms with Crippen molar-refractivity contribution in [3.8, 4) is 0 Å². The van der Waals surface area contributed by atoms with Crippen LogP contribution < -0.4 is 0 Å². The molecule has 0 N–H and O–H groups in total. The molecule has 0 aliphatic carbocycles. The summed E-state index contributed by atoms with van der Waals surface area (Å²) in [6.45, 7) is 4.72.